The highest BCUT2D eigenvalue weighted by Gasteiger charge is 2.17. The van der Waals surface area contributed by atoms with Crippen LogP contribution in [0.1, 0.15) is 18.9 Å². The van der Waals surface area contributed by atoms with Crippen LogP contribution >= 0.6 is 11.6 Å². The number of halogens is 1. The summed E-state index contributed by atoms with van der Waals surface area (Å²) in [6.45, 7) is 4.70. The molecule has 0 bridgehead atoms. The minimum atomic E-state index is -0.512. The summed E-state index contributed by atoms with van der Waals surface area (Å²) in [5.74, 6) is 1.28. The number of rotatable bonds is 8. The Labute approximate surface area is 147 Å². The third-order valence-corrected chi connectivity index (χ3v) is 3.67. The van der Waals surface area contributed by atoms with E-state index in [1.165, 1.54) is 0 Å². The van der Waals surface area contributed by atoms with E-state index in [2.05, 4.69) is 5.32 Å². The Hall–Kier alpha value is -2.20. The molecule has 2 aromatic rings. The number of nitrogens with one attached hydrogen (secondary N) is 1. The molecule has 0 aliphatic heterocycles. The third kappa shape index (κ3) is 5.78. The first kappa shape index (κ1) is 18.1. The van der Waals surface area contributed by atoms with E-state index in [-0.39, 0.29) is 5.91 Å². The van der Waals surface area contributed by atoms with Crippen LogP contribution < -0.4 is 14.8 Å². The van der Waals surface area contributed by atoms with Gasteiger partial charge in [0, 0.05) is 5.02 Å². The summed E-state index contributed by atoms with van der Waals surface area (Å²) in [4.78, 5) is 12.2. The van der Waals surface area contributed by atoms with E-state index in [1.54, 1.807) is 24.3 Å². The van der Waals surface area contributed by atoms with Crippen molar-refractivity contribution in [2.75, 3.05) is 13.2 Å². The summed E-state index contributed by atoms with van der Waals surface area (Å²) >= 11 is 5.82. The number of ether oxygens (including phenoxy) is 2. The molecule has 5 heteroatoms. The molecule has 0 radical (unpaired) electrons. The van der Waals surface area contributed by atoms with Crippen molar-refractivity contribution in [3.63, 3.8) is 0 Å². The van der Waals surface area contributed by atoms with E-state index in [0.717, 1.165) is 11.3 Å². The monoisotopic (exact) mass is 347 g/mol. The van der Waals surface area contributed by atoms with Crippen molar-refractivity contribution in [2.24, 2.45) is 0 Å². The van der Waals surface area contributed by atoms with Gasteiger partial charge in [0.25, 0.3) is 5.91 Å². The predicted octanol–water partition coefficient (Wildman–Crippen LogP) is 4.00. The molecule has 0 aliphatic carbocycles. The Kier molecular flexibility index (Phi) is 6.94. The normalized spacial score (nSPS) is 11.6. The van der Waals surface area contributed by atoms with Gasteiger partial charge in [-0.1, -0.05) is 30.7 Å². The second-order valence-electron chi connectivity index (χ2n) is 5.42. The van der Waals surface area contributed by atoms with Gasteiger partial charge in [0.05, 0.1) is 6.54 Å². The van der Waals surface area contributed by atoms with Crippen LogP contribution in [0.5, 0.6) is 11.5 Å². The van der Waals surface area contributed by atoms with Crippen molar-refractivity contribution in [2.45, 2.75) is 26.4 Å². The molecule has 0 heterocycles. The first-order valence-corrected chi connectivity index (χ1v) is 8.35. The molecule has 0 spiro atoms. The molecular weight excluding hydrogens is 326 g/mol. The molecule has 24 heavy (non-hydrogen) atoms. The number of benzene rings is 2. The second-order valence-corrected chi connectivity index (χ2v) is 5.86. The lowest BCUT2D eigenvalue weighted by Gasteiger charge is -2.17. The van der Waals surface area contributed by atoms with Crippen LogP contribution in [0.25, 0.3) is 0 Å². The van der Waals surface area contributed by atoms with Gasteiger partial charge in [-0.2, -0.15) is 0 Å². The average molecular weight is 348 g/mol. The maximum atomic E-state index is 12.2. The number of amides is 1. The number of carbonyl (C=O) groups excluding carboxylic acids is 1. The molecule has 1 atom stereocenters. The zero-order valence-electron chi connectivity index (χ0n) is 13.9. The van der Waals surface area contributed by atoms with E-state index in [4.69, 9.17) is 21.1 Å². The molecule has 0 aliphatic rings. The SMILES string of the molecule is CC[C@@H](Oc1cccc(C)c1)C(=O)NCCOc1ccc(Cl)cc1. The summed E-state index contributed by atoms with van der Waals surface area (Å²) in [6.07, 6.45) is 0.0833. The van der Waals surface area contributed by atoms with Gasteiger partial charge in [-0.3, -0.25) is 4.79 Å². The van der Waals surface area contributed by atoms with Crippen LogP contribution in [0.3, 0.4) is 0 Å². The summed E-state index contributed by atoms with van der Waals surface area (Å²) in [6, 6.07) is 14.8. The van der Waals surface area contributed by atoms with Crippen LogP contribution in [0.4, 0.5) is 0 Å². The summed E-state index contributed by atoms with van der Waals surface area (Å²) < 4.78 is 11.3. The van der Waals surface area contributed by atoms with Gasteiger partial charge in [-0.25, -0.2) is 0 Å². The highest BCUT2D eigenvalue weighted by Crippen LogP contribution is 2.16. The predicted molar refractivity (Wildman–Crippen MR) is 95.8 cm³/mol. The average Bonchev–Trinajstić information content (AvgIpc) is 2.58. The molecule has 2 aromatic carbocycles. The van der Waals surface area contributed by atoms with Gasteiger partial charge in [0.2, 0.25) is 0 Å². The topological polar surface area (TPSA) is 47.6 Å². The molecule has 0 fully saturated rings. The van der Waals surface area contributed by atoms with Gasteiger partial charge in [0.15, 0.2) is 6.10 Å². The minimum Gasteiger partial charge on any atom is -0.492 e. The van der Waals surface area contributed by atoms with Crippen LogP contribution in [0.15, 0.2) is 48.5 Å². The summed E-state index contributed by atoms with van der Waals surface area (Å²) in [7, 11) is 0. The number of hydrogen-bond acceptors (Lipinski definition) is 3. The molecule has 128 valence electrons. The Morgan fingerprint density at radius 3 is 2.58 bits per heavy atom. The van der Waals surface area contributed by atoms with Crippen molar-refractivity contribution in [1.82, 2.24) is 5.32 Å². The molecule has 2 rings (SSSR count). The smallest absolute Gasteiger partial charge is 0.261 e. The highest BCUT2D eigenvalue weighted by atomic mass is 35.5. The van der Waals surface area contributed by atoms with Gasteiger partial charge in [-0.15, -0.1) is 0 Å². The maximum Gasteiger partial charge on any atom is 0.261 e. The quantitative estimate of drug-likeness (QED) is 0.734. The highest BCUT2D eigenvalue weighted by molar-refractivity contribution is 6.30. The molecule has 4 nitrogen and oxygen atoms in total. The lowest BCUT2D eigenvalue weighted by Crippen LogP contribution is -2.39. The Balaban J connectivity index is 1.76. The number of aryl methyl sites for hydroxylation is 1. The van der Waals surface area contributed by atoms with Gasteiger partial charge in [0.1, 0.15) is 18.1 Å². The fourth-order valence-corrected chi connectivity index (χ4v) is 2.29. The third-order valence-electron chi connectivity index (χ3n) is 3.41. The fraction of sp³-hybridized carbons (Fsp3) is 0.316. The van der Waals surface area contributed by atoms with Crippen LogP contribution in [0.2, 0.25) is 5.02 Å². The molecule has 1 N–H and O–H groups in total. The molecule has 0 unspecified atom stereocenters. The standard InChI is InChI=1S/C19H22ClNO3/c1-3-18(24-17-6-4-5-14(2)13-17)19(22)21-11-12-23-16-9-7-15(20)8-10-16/h4-10,13,18H,3,11-12H2,1-2H3,(H,21,22)/t18-/m1/s1. The van der Waals surface area contributed by atoms with Gasteiger partial charge >= 0.3 is 0 Å². The molecule has 0 saturated heterocycles. The molecular formula is C19H22ClNO3. The van der Waals surface area contributed by atoms with Crippen molar-refractivity contribution >= 4 is 17.5 Å². The molecule has 1 amide bonds. The van der Waals surface area contributed by atoms with Crippen LogP contribution in [-0.4, -0.2) is 25.2 Å². The zero-order chi connectivity index (χ0) is 17.4. The largest absolute Gasteiger partial charge is 0.492 e. The fourth-order valence-electron chi connectivity index (χ4n) is 2.16. The van der Waals surface area contributed by atoms with E-state index < -0.39 is 6.10 Å². The maximum absolute atomic E-state index is 12.2. The Morgan fingerprint density at radius 1 is 1.17 bits per heavy atom. The summed E-state index contributed by atoms with van der Waals surface area (Å²) in [5, 5.41) is 3.50. The van der Waals surface area contributed by atoms with Gasteiger partial charge in [-0.05, 0) is 55.3 Å². The number of carbonyl (C=O) groups is 1. The zero-order valence-corrected chi connectivity index (χ0v) is 14.7. The van der Waals surface area contributed by atoms with E-state index in [1.807, 2.05) is 38.1 Å². The minimum absolute atomic E-state index is 0.140. The van der Waals surface area contributed by atoms with Crippen molar-refractivity contribution in [3.05, 3.63) is 59.1 Å². The lowest BCUT2D eigenvalue weighted by atomic mass is 10.2. The van der Waals surface area contributed by atoms with Crippen LogP contribution in [-0.2, 0) is 4.79 Å². The van der Waals surface area contributed by atoms with E-state index in [0.29, 0.717) is 30.3 Å². The van der Waals surface area contributed by atoms with E-state index in [9.17, 15) is 4.79 Å². The van der Waals surface area contributed by atoms with Gasteiger partial charge < -0.3 is 14.8 Å². The van der Waals surface area contributed by atoms with Crippen LogP contribution in [0, 0.1) is 6.92 Å². The lowest BCUT2D eigenvalue weighted by molar-refractivity contribution is -0.128. The van der Waals surface area contributed by atoms with Crippen molar-refractivity contribution in [3.8, 4) is 11.5 Å². The summed E-state index contributed by atoms with van der Waals surface area (Å²) in [5.41, 5.74) is 1.10. The first-order valence-electron chi connectivity index (χ1n) is 7.98. The molecule has 0 aromatic heterocycles. The van der Waals surface area contributed by atoms with E-state index >= 15 is 0 Å². The van der Waals surface area contributed by atoms with Crippen molar-refractivity contribution < 1.29 is 14.3 Å². The number of hydrogen-bond donors (Lipinski definition) is 1. The second kappa shape index (κ2) is 9.18. The molecule has 0 saturated carbocycles. The Morgan fingerprint density at radius 2 is 1.92 bits per heavy atom. The Bertz CT molecular complexity index is 658. The van der Waals surface area contributed by atoms with Crippen molar-refractivity contribution in [1.29, 1.82) is 0 Å². The first-order chi connectivity index (χ1) is 11.6.